The van der Waals surface area contributed by atoms with E-state index in [1.54, 1.807) is 0 Å². The van der Waals surface area contributed by atoms with Gasteiger partial charge in [0, 0.05) is 61.4 Å². The first-order chi connectivity index (χ1) is 24.5. The molecule has 2 aromatic carbocycles. The van der Waals surface area contributed by atoms with Crippen molar-refractivity contribution in [2.45, 2.75) is 67.7 Å². The molecule has 1 aliphatic heterocycles. The van der Waals surface area contributed by atoms with E-state index in [0.29, 0.717) is 31.4 Å². The second kappa shape index (κ2) is 16.2. The number of carbonyl (C=O) groups excluding carboxylic acids is 4. The maximum absolute atomic E-state index is 12.9. The number of aromatic nitrogens is 2. The van der Waals surface area contributed by atoms with Crippen LogP contribution in [0.15, 0.2) is 44.9 Å². The van der Waals surface area contributed by atoms with E-state index in [1.165, 1.54) is 26.1 Å². The molecule has 19 heteroatoms. The monoisotopic (exact) mass is 804 g/mol. The van der Waals surface area contributed by atoms with Gasteiger partial charge in [-0.1, -0.05) is 11.6 Å². The summed E-state index contributed by atoms with van der Waals surface area (Å²) >= 11 is 6.41. The van der Waals surface area contributed by atoms with Crippen molar-refractivity contribution in [1.82, 2.24) is 9.78 Å². The smallest absolute Gasteiger partial charge is 0.376 e. The molecular weight excluding hydrogens is 769 g/mol. The van der Waals surface area contributed by atoms with E-state index in [1.807, 2.05) is 0 Å². The van der Waals surface area contributed by atoms with E-state index in [0.717, 1.165) is 29.8 Å². The fourth-order valence-corrected chi connectivity index (χ4v) is 8.17. The highest BCUT2D eigenvalue weighted by atomic mass is 35.5. The number of hydrogen-bond acceptors (Lipinski definition) is 11. The average molecular weight is 805 g/mol. The lowest BCUT2D eigenvalue weighted by Gasteiger charge is -2.20. The van der Waals surface area contributed by atoms with Crippen LogP contribution in [-0.4, -0.2) is 81.6 Å². The lowest BCUT2D eigenvalue weighted by atomic mass is 9.81. The third-order valence-electron chi connectivity index (χ3n) is 8.60. The number of carbonyl (C=O) groups is 4. The van der Waals surface area contributed by atoms with E-state index in [9.17, 15) is 54.0 Å². The summed E-state index contributed by atoms with van der Waals surface area (Å²) in [6.45, 7) is 2.24. The first-order valence-electron chi connectivity index (χ1n) is 16.1. The van der Waals surface area contributed by atoms with E-state index < -0.39 is 76.5 Å². The Morgan fingerprint density at radius 3 is 2.08 bits per heavy atom. The molecule has 0 bridgehead atoms. The van der Waals surface area contributed by atoms with Crippen LogP contribution in [-0.2, 0) is 58.6 Å². The van der Waals surface area contributed by atoms with E-state index >= 15 is 0 Å². The summed E-state index contributed by atoms with van der Waals surface area (Å²) in [4.78, 5) is 60.9. The number of sulfone groups is 2. The standard InChI is InChI=1S/C20H23ClO7S.C14H13F3N2O4S/c1-29(25,26)17-8-7-13(20(24)18-15(22)5-2-6-16(18)23)19(21)14(17)11-27-10-12-4-3-9-28-12;1-7-11(13(21)19(2)18-7)12(20)9-5-4-8(14(15,16)17)6-10(9)24(3,22)23/h7-8,12,18H,2-6,9-11H2,1H3;4-6,18H,1-3H3. The Hall–Kier alpha value is -3.97. The summed E-state index contributed by atoms with van der Waals surface area (Å²) < 4.78 is 98.6. The topological polar surface area (TPSA) is 193 Å². The number of halogens is 4. The van der Waals surface area contributed by atoms with E-state index in [-0.39, 0.29) is 64.5 Å². The largest absolute Gasteiger partial charge is 0.416 e. The summed E-state index contributed by atoms with van der Waals surface area (Å²) in [6.07, 6.45) is -0.520. The van der Waals surface area contributed by atoms with Crippen molar-refractivity contribution < 1.29 is 58.7 Å². The molecule has 2 fully saturated rings. The average Bonchev–Trinajstić information content (AvgIpc) is 3.66. The highest BCUT2D eigenvalue weighted by molar-refractivity contribution is 7.91. The minimum Gasteiger partial charge on any atom is -0.376 e. The first-order valence-corrected chi connectivity index (χ1v) is 20.2. The van der Waals surface area contributed by atoms with Gasteiger partial charge in [0.2, 0.25) is 5.78 Å². The number of H-pyrrole nitrogens is 1. The number of Topliss-reactive ketones (excluding diaryl/α,β-unsaturated/α-hetero) is 3. The molecule has 288 valence electrons. The van der Waals surface area contributed by atoms with Crippen molar-refractivity contribution in [2.75, 3.05) is 25.7 Å². The summed E-state index contributed by atoms with van der Waals surface area (Å²) in [5.74, 6) is -3.86. The van der Waals surface area contributed by atoms with Gasteiger partial charge in [-0.25, -0.2) is 16.8 Å². The Bertz CT molecular complexity index is 2220. The van der Waals surface area contributed by atoms with Gasteiger partial charge in [-0.3, -0.25) is 33.8 Å². The molecular formula is C34H36ClF3N2O11S2. The van der Waals surface area contributed by atoms with Crippen molar-refractivity contribution in [3.63, 3.8) is 0 Å². The van der Waals surface area contributed by atoms with Crippen LogP contribution >= 0.6 is 11.6 Å². The second-order valence-electron chi connectivity index (χ2n) is 12.7. The Balaban J connectivity index is 0.000000241. The number of benzene rings is 2. The fourth-order valence-electron chi connectivity index (χ4n) is 5.98. The van der Waals surface area contributed by atoms with Gasteiger partial charge in [0.15, 0.2) is 37.0 Å². The van der Waals surface area contributed by atoms with Crippen LogP contribution in [0.3, 0.4) is 0 Å². The molecule has 1 unspecified atom stereocenters. The number of nitrogens with zero attached hydrogens (tertiary/aromatic N) is 1. The van der Waals surface area contributed by atoms with Crippen LogP contribution in [0, 0.1) is 12.8 Å². The second-order valence-corrected chi connectivity index (χ2v) is 17.0. The van der Waals surface area contributed by atoms with Crippen molar-refractivity contribution in [2.24, 2.45) is 13.0 Å². The third-order valence-corrected chi connectivity index (χ3v) is 11.4. The van der Waals surface area contributed by atoms with Gasteiger partial charge in [0.1, 0.15) is 11.5 Å². The summed E-state index contributed by atoms with van der Waals surface area (Å²) in [5, 5.41) is 2.47. The van der Waals surface area contributed by atoms with Crippen LogP contribution in [0.5, 0.6) is 0 Å². The minimum atomic E-state index is -4.76. The number of ether oxygens (including phenoxy) is 2. The lowest BCUT2D eigenvalue weighted by molar-refractivity contribution is -0.138. The molecule has 1 saturated heterocycles. The van der Waals surface area contributed by atoms with Gasteiger partial charge in [-0.15, -0.1) is 0 Å². The summed E-state index contributed by atoms with van der Waals surface area (Å²) in [5.41, 5.74) is -2.40. The first kappa shape index (κ1) is 41.8. The molecule has 5 rings (SSSR count). The molecule has 0 amide bonds. The molecule has 0 spiro atoms. The Labute approximate surface area is 307 Å². The van der Waals surface area contributed by atoms with Gasteiger partial charge in [-0.2, -0.15) is 13.2 Å². The van der Waals surface area contributed by atoms with Crippen molar-refractivity contribution in [1.29, 1.82) is 0 Å². The van der Waals surface area contributed by atoms with Gasteiger partial charge < -0.3 is 9.47 Å². The molecule has 1 atom stereocenters. The maximum atomic E-state index is 12.9. The van der Waals surface area contributed by atoms with Crippen LogP contribution in [0.4, 0.5) is 13.2 Å². The minimum absolute atomic E-state index is 0.0385. The normalized spacial score (nSPS) is 17.1. The van der Waals surface area contributed by atoms with Crippen LogP contribution < -0.4 is 5.56 Å². The van der Waals surface area contributed by atoms with Crippen LogP contribution in [0.25, 0.3) is 0 Å². The SMILES string of the molecule is CS(=O)(=O)c1ccc(C(=O)C2C(=O)CCCC2=O)c(Cl)c1COCC1CCCO1.Cc1[nH]n(C)c(=O)c1C(=O)c1ccc(C(F)(F)F)cc1S(C)(=O)=O. The highest BCUT2D eigenvalue weighted by Crippen LogP contribution is 2.34. The highest BCUT2D eigenvalue weighted by Gasteiger charge is 2.38. The number of hydrogen-bond donors (Lipinski definition) is 1. The zero-order valence-corrected chi connectivity index (χ0v) is 31.4. The number of ketones is 4. The fraction of sp³-hybridized carbons (Fsp3) is 0.441. The van der Waals surface area contributed by atoms with Crippen LogP contribution in [0.2, 0.25) is 5.02 Å². The molecule has 1 saturated carbocycles. The predicted molar refractivity (Wildman–Crippen MR) is 184 cm³/mol. The number of aryl methyl sites for hydroxylation is 2. The zero-order chi connectivity index (χ0) is 39.6. The summed E-state index contributed by atoms with van der Waals surface area (Å²) in [7, 11) is -6.41. The quantitative estimate of drug-likeness (QED) is 0.228. The van der Waals surface area contributed by atoms with Gasteiger partial charge in [0.25, 0.3) is 5.56 Å². The number of rotatable bonds is 10. The molecule has 3 aromatic rings. The van der Waals surface area contributed by atoms with Crippen molar-refractivity contribution >= 4 is 54.4 Å². The predicted octanol–water partition coefficient (Wildman–Crippen LogP) is 4.24. The van der Waals surface area contributed by atoms with Gasteiger partial charge >= 0.3 is 6.18 Å². The van der Waals surface area contributed by atoms with Crippen LogP contribution in [0.1, 0.15) is 75.2 Å². The third kappa shape index (κ3) is 9.59. The molecule has 13 nitrogen and oxygen atoms in total. The number of aromatic amines is 1. The summed E-state index contributed by atoms with van der Waals surface area (Å²) in [6, 6.07) is 4.31. The Morgan fingerprint density at radius 2 is 1.57 bits per heavy atom. The van der Waals surface area contributed by atoms with E-state index in [2.05, 4.69) is 5.10 Å². The zero-order valence-electron chi connectivity index (χ0n) is 29.0. The van der Waals surface area contributed by atoms with E-state index in [4.69, 9.17) is 21.1 Å². The molecule has 0 radical (unpaired) electrons. The molecule has 53 heavy (non-hydrogen) atoms. The maximum Gasteiger partial charge on any atom is 0.416 e. The lowest BCUT2D eigenvalue weighted by Crippen LogP contribution is -2.35. The molecule has 1 N–H and O–H groups in total. The number of nitrogens with one attached hydrogen (secondary N) is 1. The molecule has 1 aliphatic carbocycles. The molecule has 1 aromatic heterocycles. The Kier molecular flexibility index (Phi) is 12.8. The van der Waals surface area contributed by atoms with Gasteiger partial charge in [-0.05, 0) is 56.5 Å². The van der Waals surface area contributed by atoms with Crippen molar-refractivity contribution in [3.05, 3.63) is 79.2 Å². The van der Waals surface area contributed by atoms with Gasteiger partial charge in [0.05, 0.1) is 39.7 Å². The number of alkyl halides is 3. The van der Waals surface area contributed by atoms with Crippen molar-refractivity contribution in [3.8, 4) is 0 Å². The molecule has 2 heterocycles. The Morgan fingerprint density at radius 1 is 0.962 bits per heavy atom. The molecule has 2 aliphatic rings.